The lowest BCUT2D eigenvalue weighted by Crippen LogP contribution is -2.28. The van der Waals surface area contributed by atoms with Crippen molar-refractivity contribution in [2.45, 2.75) is 6.42 Å². The predicted molar refractivity (Wildman–Crippen MR) is 97.0 cm³/mol. The highest BCUT2D eigenvalue weighted by Gasteiger charge is 2.35. The molecule has 2 amide bonds. The van der Waals surface area contributed by atoms with Gasteiger partial charge in [0, 0.05) is 39.4 Å². The minimum absolute atomic E-state index is 0.0957. The van der Waals surface area contributed by atoms with E-state index < -0.39 is 5.92 Å². The first-order valence-corrected chi connectivity index (χ1v) is 8.38. The molecule has 2 aromatic carbocycles. The van der Waals surface area contributed by atoms with E-state index in [0.29, 0.717) is 27.3 Å². The zero-order valence-electron chi connectivity index (χ0n) is 12.4. The minimum atomic E-state index is -0.439. The molecule has 0 aliphatic carbocycles. The first-order chi connectivity index (χ1) is 11.4. The highest BCUT2D eigenvalue weighted by molar-refractivity contribution is 6.35. The molecular formula is C17H13Cl3N2O2. The van der Waals surface area contributed by atoms with Gasteiger partial charge in [-0.1, -0.05) is 34.8 Å². The lowest BCUT2D eigenvalue weighted by Gasteiger charge is -2.17. The summed E-state index contributed by atoms with van der Waals surface area (Å²) in [6.07, 6.45) is 0.156. The molecule has 24 heavy (non-hydrogen) atoms. The van der Waals surface area contributed by atoms with Crippen LogP contribution >= 0.6 is 34.8 Å². The van der Waals surface area contributed by atoms with E-state index >= 15 is 0 Å². The summed E-state index contributed by atoms with van der Waals surface area (Å²) in [7, 11) is 0. The Kier molecular flexibility index (Phi) is 4.99. The maximum Gasteiger partial charge on any atom is 0.229 e. The van der Waals surface area contributed by atoms with E-state index in [9.17, 15) is 9.59 Å². The van der Waals surface area contributed by atoms with Gasteiger partial charge in [0.25, 0.3) is 0 Å². The van der Waals surface area contributed by atoms with Crippen molar-refractivity contribution in [1.29, 1.82) is 0 Å². The fourth-order valence-electron chi connectivity index (χ4n) is 2.62. The summed E-state index contributed by atoms with van der Waals surface area (Å²) in [6, 6.07) is 11.8. The molecule has 1 unspecified atom stereocenters. The third kappa shape index (κ3) is 3.83. The summed E-state index contributed by atoms with van der Waals surface area (Å²) in [5.41, 5.74) is 1.24. The summed E-state index contributed by atoms with van der Waals surface area (Å²) in [5.74, 6) is -0.773. The normalized spacial score (nSPS) is 17.2. The molecule has 1 saturated heterocycles. The van der Waals surface area contributed by atoms with Gasteiger partial charge in [0.15, 0.2) is 0 Å². The number of rotatable bonds is 3. The summed E-state index contributed by atoms with van der Waals surface area (Å²) in [6.45, 7) is 0.320. The highest BCUT2D eigenvalue weighted by Crippen LogP contribution is 2.28. The van der Waals surface area contributed by atoms with Crippen LogP contribution in [0.3, 0.4) is 0 Å². The molecule has 1 atom stereocenters. The number of hydrogen-bond donors (Lipinski definition) is 1. The number of carbonyl (C=O) groups is 2. The van der Waals surface area contributed by atoms with Gasteiger partial charge in [-0.05, 0) is 42.5 Å². The molecule has 1 fully saturated rings. The zero-order chi connectivity index (χ0) is 17.3. The average Bonchev–Trinajstić information content (AvgIpc) is 2.89. The largest absolute Gasteiger partial charge is 0.326 e. The quantitative estimate of drug-likeness (QED) is 0.839. The molecule has 1 aliphatic heterocycles. The van der Waals surface area contributed by atoms with Gasteiger partial charge in [0.2, 0.25) is 11.8 Å². The summed E-state index contributed by atoms with van der Waals surface area (Å²) >= 11 is 17.7. The van der Waals surface area contributed by atoms with Crippen LogP contribution in [0.4, 0.5) is 11.4 Å². The van der Waals surface area contributed by atoms with Gasteiger partial charge >= 0.3 is 0 Å². The molecule has 3 rings (SSSR count). The Morgan fingerprint density at radius 3 is 2.25 bits per heavy atom. The third-order valence-electron chi connectivity index (χ3n) is 3.76. The number of halogens is 3. The van der Waals surface area contributed by atoms with Gasteiger partial charge in [0.05, 0.1) is 5.92 Å². The summed E-state index contributed by atoms with van der Waals surface area (Å²) in [5, 5.41) is 4.22. The second-order valence-corrected chi connectivity index (χ2v) is 6.84. The fraction of sp³-hybridized carbons (Fsp3) is 0.176. The van der Waals surface area contributed by atoms with E-state index in [1.165, 1.54) is 0 Å². The molecule has 4 nitrogen and oxygen atoms in total. The molecule has 0 radical (unpaired) electrons. The summed E-state index contributed by atoms with van der Waals surface area (Å²) < 4.78 is 0. The number of amides is 2. The molecule has 2 aromatic rings. The van der Waals surface area contributed by atoms with Crippen LogP contribution in [0.15, 0.2) is 42.5 Å². The van der Waals surface area contributed by atoms with Crippen molar-refractivity contribution in [2.24, 2.45) is 5.92 Å². The van der Waals surface area contributed by atoms with Crippen LogP contribution in [-0.4, -0.2) is 18.4 Å². The van der Waals surface area contributed by atoms with Crippen molar-refractivity contribution in [3.05, 3.63) is 57.5 Å². The molecule has 7 heteroatoms. The van der Waals surface area contributed by atoms with Crippen molar-refractivity contribution in [3.8, 4) is 0 Å². The fourth-order valence-corrected chi connectivity index (χ4v) is 3.28. The van der Waals surface area contributed by atoms with E-state index in [1.807, 2.05) is 0 Å². The van der Waals surface area contributed by atoms with Gasteiger partial charge in [0.1, 0.15) is 0 Å². The number of nitrogens with zero attached hydrogens (tertiary/aromatic N) is 1. The third-order valence-corrected chi connectivity index (χ3v) is 4.45. The van der Waals surface area contributed by atoms with Gasteiger partial charge in [-0.15, -0.1) is 0 Å². The van der Waals surface area contributed by atoms with Gasteiger partial charge in [-0.3, -0.25) is 9.59 Å². The van der Waals surface area contributed by atoms with E-state index in [2.05, 4.69) is 5.32 Å². The van der Waals surface area contributed by atoms with Crippen LogP contribution in [0.25, 0.3) is 0 Å². The molecule has 1 aliphatic rings. The lowest BCUT2D eigenvalue weighted by molar-refractivity contribution is -0.122. The van der Waals surface area contributed by atoms with Crippen LogP contribution in [-0.2, 0) is 9.59 Å². The molecule has 0 aromatic heterocycles. The number of carbonyl (C=O) groups excluding carboxylic acids is 2. The monoisotopic (exact) mass is 382 g/mol. The maximum absolute atomic E-state index is 12.4. The van der Waals surface area contributed by atoms with Crippen molar-refractivity contribution in [2.75, 3.05) is 16.8 Å². The molecule has 124 valence electrons. The van der Waals surface area contributed by atoms with E-state index in [-0.39, 0.29) is 18.2 Å². The Bertz CT molecular complexity index is 773. The standard InChI is InChI=1S/C17H13Cl3N2O2/c18-11-1-3-15(4-2-11)22-9-10(5-16(22)23)17(24)21-14-7-12(19)6-13(20)8-14/h1-4,6-8,10H,5,9H2,(H,21,24). The Morgan fingerprint density at radius 1 is 1.00 bits per heavy atom. The van der Waals surface area contributed by atoms with Crippen LogP contribution < -0.4 is 10.2 Å². The van der Waals surface area contributed by atoms with Crippen LogP contribution in [0.1, 0.15) is 6.42 Å². The smallest absolute Gasteiger partial charge is 0.229 e. The van der Waals surface area contributed by atoms with Crippen LogP contribution in [0.2, 0.25) is 15.1 Å². The number of nitrogens with one attached hydrogen (secondary N) is 1. The Morgan fingerprint density at radius 2 is 1.62 bits per heavy atom. The van der Waals surface area contributed by atoms with Crippen molar-refractivity contribution >= 4 is 58.0 Å². The van der Waals surface area contributed by atoms with E-state index in [0.717, 1.165) is 5.69 Å². The van der Waals surface area contributed by atoms with Gasteiger partial charge in [-0.2, -0.15) is 0 Å². The Labute approximate surface area is 154 Å². The lowest BCUT2D eigenvalue weighted by atomic mass is 10.1. The second kappa shape index (κ2) is 7.01. The Hall–Kier alpha value is -1.75. The number of anilines is 2. The number of hydrogen-bond acceptors (Lipinski definition) is 2. The summed E-state index contributed by atoms with van der Waals surface area (Å²) in [4.78, 5) is 26.2. The topological polar surface area (TPSA) is 49.4 Å². The molecule has 0 bridgehead atoms. The second-order valence-electron chi connectivity index (χ2n) is 5.53. The van der Waals surface area contributed by atoms with Crippen molar-refractivity contribution < 1.29 is 9.59 Å². The molecular weight excluding hydrogens is 371 g/mol. The van der Waals surface area contributed by atoms with Gasteiger partial charge in [-0.25, -0.2) is 0 Å². The predicted octanol–water partition coefficient (Wildman–Crippen LogP) is 4.64. The van der Waals surface area contributed by atoms with Crippen LogP contribution in [0, 0.1) is 5.92 Å². The zero-order valence-corrected chi connectivity index (χ0v) is 14.7. The molecule has 1 heterocycles. The van der Waals surface area contributed by atoms with E-state index in [4.69, 9.17) is 34.8 Å². The van der Waals surface area contributed by atoms with Crippen molar-refractivity contribution in [1.82, 2.24) is 0 Å². The highest BCUT2D eigenvalue weighted by atomic mass is 35.5. The van der Waals surface area contributed by atoms with E-state index in [1.54, 1.807) is 47.4 Å². The number of benzene rings is 2. The SMILES string of the molecule is O=C(Nc1cc(Cl)cc(Cl)c1)C1CC(=O)N(c2ccc(Cl)cc2)C1. The Balaban J connectivity index is 1.70. The minimum Gasteiger partial charge on any atom is -0.326 e. The maximum atomic E-state index is 12.4. The van der Waals surface area contributed by atoms with Crippen LogP contribution in [0.5, 0.6) is 0 Å². The average molecular weight is 384 g/mol. The van der Waals surface area contributed by atoms with Crippen molar-refractivity contribution in [3.63, 3.8) is 0 Å². The molecule has 0 spiro atoms. The van der Waals surface area contributed by atoms with Gasteiger partial charge < -0.3 is 10.2 Å². The molecule has 1 N–H and O–H groups in total. The first kappa shape index (κ1) is 17.1. The molecule has 0 saturated carbocycles. The first-order valence-electron chi connectivity index (χ1n) is 7.25.